The van der Waals surface area contributed by atoms with Gasteiger partial charge in [0.25, 0.3) is 0 Å². The second-order valence-corrected chi connectivity index (χ2v) is 4.85. The summed E-state index contributed by atoms with van der Waals surface area (Å²) in [7, 11) is 0. The topological polar surface area (TPSA) is 12.9 Å². The maximum atomic E-state index is 14.0. The molecule has 3 rings (SSSR count). The summed E-state index contributed by atoms with van der Waals surface area (Å²) >= 11 is 0. The van der Waals surface area contributed by atoms with Crippen molar-refractivity contribution in [3.63, 3.8) is 0 Å². The Kier molecular flexibility index (Phi) is 2.97. The standard InChI is InChI=1S/C17H13F2N/c1-10-11(2)17(14-5-3-4-6-15(14)19)20-16-9-12(18)7-8-13(10)16/h3-9H,1-2H3. The summed E-state index contributed by atoms with van der Waals surface area (Å²) in [5.41, 5.74) is 3.46. The van der Waals surface area contributed by atoms with Gasteiger partial charge < -0.3 is 0 Å². The maximum absolute atomic E-state index is 14.0. The molecule has 0 bridgehead atoms. The fourth-order valence-electron chi connectivity index (χ4n) is 2.41. The SMILES string of the molecule is Cc1c(-c2ccccc2F)nc2cc(F)ccc2c1C. The number of halogens is 2. The molecule has 100 valence electrons. The van der Waals surface area contributed by atoms with E-state index < -0.39 is 0 Å². The van der Waals surface area contributed by atoms with Crippen molar-refractivity contribution in [1.29, 1.82) is 0 Å². The maximum Gasteiger partial charge on any atom is 0.132 e. The normalized spacial score (nSPS) is 11.0. The number of hydrogen-bond acceptors (Lipinski definition) is 1. The van der Waals surface area contributed by atoms with E-state index in [1.807, 2.05) is 13.8 Å². The molecule has 0 spiro atoms. The summed E-state index contributed by atoms with van der Waals surface area (Å²) in [5, 5.41) is 0.893. The van der Waals surface area contributed by atoms with Gasteiger partial charge in [0.2, 0.25) is 0 Å². The van der Waals surface area contributed by atoms with Crippen LogP contribution in [0.25, 0.3) is 22.2 Å². The Bertz CT molecular complexity index is 809. The number of hydrogen-bond donors (Lipinski definition) is 0. The summed E-state index contributed by atoms with van der Waals surface area (Å²) in [5.74, 6) is -0.661. The van der Waals surface area contributed by atoms with Crippen LogP contribution in [-0.4, -0.2) is 4.98 Å². The van der Waals surface area contributed by atoms with E-state index >= 15 is 0 Å². The van der Waals surface area contributed by atoms with Crippen molar-refractivity contribution in [2.75, 3.05) is 0 Å². The van der Waals surface area contributed by atoms with Crippen LogP contribution in [0.1, 0.15) is 11.1 Å². The average molecular weight is 269 g/mol. The predicted octanol–water partition coefficient (Wildman–Crippen LogP) is 4.80. The van der Waals surface area contributed by atoms with Gasteiger partial charge in [-0.1, -0.05) is 12.1 Å². The van der Waals surface area contributed by atoms with E-state index in [1.165, 1.54) is 18.2 Å². The van der Waals surface area contributed by atoms with Crippen molar-refractivity contribution in [2.45, 2.75) is 13.8 Å². The van der Waals surface area contributed by atoms with Gasteiger partial charge in [0.05, 0.1) is 11.2 Å². The van der Waals surface area contributed by atoms with E-state index in [0.717, 1.165) is 16.5 Å². The number of pyridine rings is 1. The molecule has 0 amide bonds. The minimum atomic E-state index is -0.340. The fourth-order valence-corrected chi connectivity index (χ4v) is 2.41. The summed E-state index contributed by atoms with van der Waals surface area (Å²) in [6.45, 7) is 3.86. The van der Waals surface area contributed by atoms with Gasteiger partial charge >= 0.3 is 0 Å². The molecule has 0 aliphatic rings. The molecule has 0 saturated heterocycles. The van der Waals surface area contributed by atoms with Crippen LogP contribution in [-0.2, 0) is 0 Å². The van der Waals surface area contributed by atoms with Crippen LogP contribution in [0.2, 0.25) is 0 Å². The van der Waals surface area contributed by atoms with E-state index in [0.29, 0.717) is 16.8 Å². The van der Waals surface area contributed by atoms with Crippen molar-refractivity contribution < 1.29 is 8.78 Å². The highest BCUT2D eigenvalue weighted by molar-refractivity contribution is 5.87. The lowest BCUT2D eigenvalue weighted by Crippen LogP contribution is -1.96. The number of aryl methyl sites for hydroxylation is 1. The molecule has 2 aromatic carbocycles. The van der Waals surface area contributed by atoms with Crippen LogP contribution in [0, 0.1) is 25.5 Å². The van der Waals surface area contributed by atoms with E-state index in [9.17, 15) is 8.78 Å². The number of fused-ring (bicyclic) bond motifs is 1. The Morgan fingerprint density at radius 2 is 1.65 bits per heavy atom. The third kappa shape index (κ3) is 1.95. The first-order valence-electron chi connectivity index (χ1n) is 6.39. The molecule has 3 aromatic rings. The molecule has 0 aliphatic heterocycles. The van der Waals surface area contributed by atoms with Crippen molar-refractivity contribution in [1.82, 2.24) is 4.98 Å². The molecule has 1 heterocycles. The van der Waals surface area contributed by atoms with Crippen LogP contribution >= 0.6 is 0 Å². The van der Waals surface area contributed by atoms with Crippen molar-refractivity contribution in [2.24, 2.45) is 0 Å². The largest absolute Gasteiger partial charge is 0.247 e. The third-order valence-electron chi connectivity index (χ3n) is 3.64. The molecule has 0 atom stereocenters. The van der Waals surface area contributed by atoms with Gasteiger partial charge in [-0.05, 0) is 49.2 Å². The fraction of sp³-hybridized carbons (Fsp3) is 0.118. The van der Waals surface area contributed by atoms with E-state index in [2.05, 4.69) is 4.98 Å². The zero-order valence-electron chi connectivity index (χ0n) is 11.2. The number of aromatic nitrogens is 1. The highest BCUT2D eigenvalue weighted by atomic mass is 19.1. The van der Waals surface area contributed by atoms with Gasteiger partial charge in [-0.15, -0.1) is 0 Å². The molecule has 0 fully saturated rings. The predicted molar refractivity (Wildman–Crippen MR) is 76.6 cm³/mol. The number of nitrogens with zero attached hydrogens (tertiary/aromatic N) is 1. The Morgan fingerprint density at radius 3 is 2.40 bits per heavy atom. The zero-order chi connectivity index (χ0) is 14.3. The van der Waals surface area contributed by atoms with Gasteiger partial charge in [-0.25, -0.2) is 13.8 Å². The van der Waals surface area contributed by atoms with E-state index in [1.54, 1.807) is 24.3 Å². The molecule has 0 unspecified atom stereocenters. The molecular weight excluding hydrogens is 256 g/mol. The molecule has 0 radical (unpaired) electrons. The smallest absolute Gasteiger partial charge is 0.132 e. The van der Waals surface area contributed by atoms with Crippen LogP contribution in [0.5, 0.6) is 0 Å². The first-order valence-corrected chi connectivity index (χ1v) is 6.39. The Balaban J connectivity index is 2.37. The minimum Gasteiger partial charge on any atom is -0.247 e. The first-order chi connectivity index (χ1) is 9.58. The minimum absolute atomic E-state index is 0.321. The average Bonchev–Trinajstić information content (AvgIpc) is 2.43. The lowest BCUT2D eigenvalue weighted by atomic mass is 9.98. The number of benzene rings is 2. The molecule has 20 heavy (non-hydrogen) atoms. The van der Waals surface area contributed by atoms with Crippen molar-refractivity contribution >= 4 is 10.9 Å². The molecule has 0 saturated carbocycles. The number of rotatable bonds is 1. The first kappa shape index (κ1) is 12.7. The van der Waals surface area contributed by atoms with Gasteiger partial charge in [0, 0.05) is 17.0 Å². The molecule has 1 nitrogen and oxygen atoms in total. The molecule has 0 aliphatic carbocycles. The lowest BCUT2D eigenvalue weighted by molar-refractivity contribution is 0.629. The van der Waals surface area contributed by atoms with Crippen LogP contribution in [0.4, 0.5) is 8.78 Å². The highest BCUT2D eigenvalue weighted by Crippen LogP contribution is 2.30. The van der Waals surface area contributed by atoms with Gasteiger partial charge in [0.15, 0.2) is 0 Å². The summed E-state index contributed by atoms with van der Waals surface area (Å²) < 4.78 is 27.3. The second kappa shape index (κ2) is 4.67. The quantitative estimate of drug-likeness (QED) is 0.618. The molecule has 3 heteroatoms. The van der Waals surface area contributed by atoms with E-state index in [-0.39, 0.29) is 11.6 Å². The van der Waals surface area contributed by atoms with Gasteiger partial charge in [0.1, 0.15) is 11.6 Å². The van der Waals surface area contributed by atoms with Crippen molar-refractivity contribution in [3.05, 3.63) is 65.2 Å². The van der Waals surface area contributed by atoms with E-state index in [4.69, 9.17) is 0 Å². The summed E-state index contributed by atoms with van der Waals surface area (Å²) in [4.78, 5) is 4.45. The lowest BCUT2D eigenvalue weighted by Gasteiger charge is -2.12. The Hall–Kier alpha value is -2.29. The monoisotopic (exact) mass is 269 g/mol. The summed E-state index contributed by atoms with van der Waals surface area (Å²) in [6, 6.07) is 11.0. The molecular formula is C17H13F2N. The van der Waals surface area contributed by atoms with Gasteiger partial charge in [-0.2, -0.15) is 0 Å². The molecule has 1 aromatic heterocycles. The summed E-state index contributed by atoms with van der Waals surface area (Å²) in [6.07, 6.45) is 0. The highest BCUT2D eigenvalue weighted by Gasteiger charge is 2.13. The second-order valence-electron chi connectivity index (χ2n) is 4.85. The third-order valence-corrected chi connectivity index (χ3v) is 3.64. The van der Waals surface area contributed by atoms with Gasteiger partial charge in [-0.3, -0.25) is 0 Å². The molecule has 0 N–H and O–H groups in total. The van der Waals surface area contributed by atoms with Crippen LogP contribution in [0.15, 0.2) is 42.5 Å². The Labute approximate surface area is 115 Å². The van der Waals surface area contributed by atoms with Crippen LogP contribution < -0.4 is 0 Å². The van der Waals surface area contributed by atoms with Crippen molar-refractivity contribution in [3.8, 4) is 11.3 Å². The van der Waals surface area contributed by atoms with Crippen LogP contribution in [0.3, 0.4) is 0 Å². The zero-order valence-corrected chi connectivity index (χ0v) is 11.2. The Morgan fingerprint density at radius 1 is 0.900 bits per heavy atom.